The fraction of sp³-hybridized carbons (Fsp3) is 0.667. The lowest BCUT2D eigenvalue weighted by Gasteiger charge is -2.32. The minimum atomic E-state index is -3.20. The Hall–Kier alpha value is -1.60. The van der Waals surface area contributed by atoms with Crippen LogP contribution in [0, 0.1) is 13.8 Å². The molecule has 0 spiro atoms. The van der Waals surface area contributed by atoms with Gasteiger partial charge in [-0.2, -0.15) is 0 Å². The molecule has 1 aliphatic heterocycles. The highest BCUT2D eigenvalue weighted by Gasteiger charge is 2.25. The van der Waals surface area contributed by atoms with Crippen molar-refractivity contribution in [3.63, 3.8) is 0 Å². The number of likely N-dealkylation sites (tertiary alicyclic amines) is 1. The van der Waals surface area contributed by atoms with Crippen molar-refractivity contribution in [2.24, 2.45) is 0 Å². The summed E-state index contributed by atoms with van der Waals surface area (Å²) < 4.78 is 32.7. The van der Waals surface area contributed by atoms with E-state index in [1.54, 1.807) is 0 Å². The van der Waals surface area contributed by atoms with Crippen molar-refractivity contribution >= 4 is 15.9 Å². The molecule has 0 bridgehead atoms. The average Bonchev–Trinajstić information content (AvgIpc) is 2.65. The van der Waals surface area contributed by atoms with Crippen molar-refractivity contribution in [2.45, 2.75) is 65.3 Å². The Labute approximate surface area is 169 Å². The van der Waals surface area contributed by atoms with Crippen molar-refractivity contribution < 1.29 is 17.9 Å². The van der Waals surface area contributed by atoms with E-state index < -0.39 is 10.0 Å². The molecule has 0 aliphatic carbocycles. The van der Waals surface area contributed by atoms with Gasteiger partial charge in [-0.1, -0.05) is 31.5 Å². The highest BCUT2D eigenvalue weighted by atomic mass is 32.2. The second-order valence-corrected chi connectivity index (χ2v) is 9.49. The highest BCUT2D eigenvalue weighted by molar-refractivity contribution is 7.89. The number of rotatable bonds is 10. The molecular formula is C21H34N2O4S. The molecule has 7 heteroatoms. The molecule has 2 rings (SSSR count). The fourth-order valence-corrected chi connectivity index (χ4v) is 5.01. The first-order valence-electron chi connectivity index (χ1n) is 10.3. The van der Waals surface area contributed by atoms with E-state index >= 15 is 0 Å². The number of amides is 1. The van der Waals surface area contributed by atoms with Crippen LogP contribution in [0.25, 0.3) is 0 Å². The number of carbonyl (C=O) groups excluding carboxylic acids is 1. The zero-order chi connectivity index (χ0) is 20.6. The second-order valence-electron chi connectivity index (χ2n) is 7.62. The van der Waals surface area contributed by atoms with E-state index in [2.05, 4.69) is 4.72 Å². The number of sulfonamides is 1. The summed E-state index contributed by atoms with van der Waals surface area (Å²) in [6.45, 7) is 7.76. The first-order valence-corrected chi connectivity index (χ1v) is 11.9. The van der Waals surface area contributed by atoms with E-state index in [-0.39, 0.29) is 17.7 Å². The van der Waals surface area contributed by atoms with Crippen LogP contribution in [0.5, 0.6) is 5.75 Å². The van der Waals surface area contributed by atoms with Gasteiger partial charge in [0.15, 0.2) is 0 Å². The Morgan fingerprint density at radius 1 is 1.18 bits per heavy atom. The van der Waals surface area contributed by atoms with Crippen molar-refractivity contribution in [3.8, 4) is 5.75 Å². The molecule has 1 amide bonds. The summed E-state index contributed by atoms with van der Waals surface area (Å²) >= 11 is 0. The Kier molecular flexibility index (Phi) is 8.76. The minimum absolute atomic E-state index is 0.0572. The summed E-state index contributed by atoms with van der Waals surface area (Å²) in [5.41, 5.74) is 2.21. The molecule has 1 saturated heterocycles. The number of hydrogen-bond acceptors (Lipinski definition) is 4. The highest BCUT2D eigenvalue weighted by Crippen LogP contribution is 2.22. The average molecular weight is 411 g/mol. The van der Waals surface area contributed by atoms with Crippen molar-refractivity contribution in [2.75, 3.05) is 25.4 Å². The maximum Gasteiger partial charge on any atom is 0.222 e. The summed E-state index contributed by atoms with van der Waals surface area (Å²) in [5.74, 6) is 1.21. The predicted molar refractivity (Wildman–Crippen MR) is 112 cm³/mol. The summed E-state index contributed by atoms with van der Waals surface area (Å²) in [5, 5.41) is 0. The quantitative estimate of drug-likeness (QED) is 0.601. The van der Waals surface area contributed by atoms with Crippen LogP contribution in [-0.4, -0.2) is 50.7 Å². The maximum atomic E-state index is 12.4. The number of hydrogen-bond donors (Lipinski definition) is 1. The van der Waals surface area contributed by atoms with Crippen molar-refractivity contribution in [1.82, 2.24) is 9.62 Å². The molecule has 0 radical (unpaired) electrons. The van der Waals surface area contributed by atoms with Gasteiger partial charge < -0.3 is 9.64 Å². The number of nitrogens with one attached hydrogen (secondary N) is 1. The van der Waals surface area contributed by atoms with E-state index in [0.717, 1.165) is 23.3 Å². The number of piperidine rings is 1. The Bertz CT molecular complexity index is 721. The van der Waals surface area contributed by atoms with Gasteiger partial charge in [0.25, 0.3) is 0 Å². The lowest BCUT2D eigenvalue weighted by Crippen LogP contribution is -2.47. The number of para-hydroxylation sites is 1. The Balaban J connectivity index is 1.68. The number of benzene rings is 1. The third kappa shape index (κ3) is 7.09. The normalized spacial score (nSPS) is 15.6. The van der Waals surface area contributed by atoms with Crippen LogP contribution in [0.1, 0.15) is 56.6 Å². The monoisotopic (exact) mass is 410 g/mol. The minimum Gasteiger partial charge on any atom is -0.493 e. The largest absolute Gasteiger partial charge is 0.493 e. The molecule has 0 saturated carbocycles. The summed E-state index contributed by atoms with van der Waals surface area (Å²) in [6, 6.07) is 6.00. The fourth-order valence-electron chi connectivity index (χ4n) is 3.48. The van der Waals surface area contributed by atoms with Gasteiger partial charge in [0, 0.05) is 25.6 Å². The molecule has 1 fully saturated rings. The smallest absolute Gasteiger partial charge is 0.222 e. The first kappa shape index (κ1) is 22.7. The number of nitrogens with zero attached hydrogens (tertiary/aromatic N) is 1. The zero-order valence-electron chi connectivity index (χ0n) is 17.4. The standard InChI is InChI=1S/C21H34N2O4S/c1-4-5-16-28(25,26)22-19-11-13-23(14-12-19)20(24)10-7-15-27-21-17(2)8-6-9-18(21)3/h6,8-9,19,22H,4-5,7,10-16H2,1-3H3. The molecule has 1 aromatic carbocycles. The van der Waals surface area contributed by atoms with Gasteiger partial charge >= 0.3 is 0 Å². The van der Waals surface area contributed by atoms with Gasteiger partial charge in [0.05, 0.1) is 12.4 Å². The number of aryl methyl sites for hydroxylation is 2. The SMILES string of the molecule is CCCCS(=O)(=O)NC1CCN(C(=O)CCCOc2c(C)cccc2C)CC1. The van der Waals surface area contributed by atoms with Crippen LogP contribution < -0.4 is 9.46 Å². The van der Waals surface area contributed by atoms with Crippen LogP contribution in [0.2, 0.25) is 0 Å². The molecule has 1 N–H and O–H groups in total. The van der Waals surface area contributed by atoms with Crippen molar-refractivity contribution in [1.29, 1.82) is 0 Å². The summed E-state index contributed by atoms with van der Waals surface area (Å²) in [4.78, 5) is 14.3. The topological polar surface area (TPSA) is 75.7 Å². The van der Waals surface area contributed by atoms with Gasteiger partial charge in [0.1, 0.15) is 5.75 Å². The molecular weight excluding hydrogens is 376 g/mol. The number of unbranched alkanes of at least 4 members (excludes halogenated alkanes) is 1. The van der Waals surface area contributed by atoms with E-state index in [0.29, 0.717) is 51.8 Å². The third-order valence-corrected chi connectivity index (χ3v) is 6.67. The van der Waals surface area contributed by atoms with Crippen LogP contribution in [0.4, 0.5) is 0 Å². The molecule has 28 heavy (non-hydrogen) atoms. The van der Waals surface area contributed by atoms with Gasteiger partial charge in [0.2, 0.25) is 15.9 Å². The lowest BCUT2D eigenvalue weighted by atomic mass is 10.1. The molecule has 1 aliphatic rings. The molecule has 158 valence electrons. The third-order valence-electron chi connectivity index (χ3n) is 5.15. The maximum absolute atomic E-state index is 12.4. The Morgan fingerprint density at radius 3 is 2.43 bits per heavy atom. The molecule has 0 unspecified atom stereocenters. The molecule has 0 atom stereocenters. The molecule has 6 nitrogen and oxygen atoms in total. The van der Waals surface area contributed by atoms with Crippen LogP contribution in [-0.2, 0) is 14.8 Å². The van der Waals surface area contributed by atoms with Gasteiger partial charge in [-0.15, -0.1) is 0 Å². The second kappa shape index (κ2) is 10.8. The van der Waals surface area contributed by atoms with E-state index in [4.69, 9.17) is 4.74 Å². The van der Waals surface area contributed by atoms with Crippen LogP contribution in [0.15, 0.2) is 18.2 Å². The summed E-state index contributed by atoms with van der Waals surface area (Å²) in [7, 11) is -3.20. The van der Waals surface area contributed by atoms with Crippen LogP contribution >= 0.6 is 0 Å². The van der Waals surface area contributed by atoms with Crippen LogP contribution in [0.3, 0.4) is 0 Å². The lowest BCUT2D eigenvalue weighted by molar-refractivity contribution is -0.132. The zero-order valence-corrected chi connectivity index (χ0v) is 18.2. The van der Waals surface area contributed by atoms with E-state index in [9.17, 15) is 13.2 Å². The van der Waals surface area contributed by atoms with Crippen molar-refractivity contribution in [3.05, 3.63) is 29.3 Å². The van der Waals surface area contributed by atoms with E-state index in [1.165, 1.54) is 0 Å². The molecule has 0 aromatic heterocycles. The number of ether oxygens (including phenoxy) is 1. The molecule has 1 aromatic rings. The first-order chi connectivity index (χ1) is 13.3. The van der Waals surface area contributed by atoms with Gasteiger partial charge in [-0.05, 0) is 50.7 Å². The summed E-state index contributed by atoms with van der Waals surface area (Å²) in [6.07, 6.45) is 4.03. The van der Waals surface area contributed by atoms with Gasteiger partial charge in [-0.3, -0.25) is 4.79 Å². The van der Waals surface area contributed by atoms with Gasteiger partial charge in [-0.25, -0.2) is 13.1 Å². The molecule has 1 heterocycles. The Morgan fingerprint density at radius 2 is 1.82 bits per heavy atom. The number of carbonyl (C=O) groups is 1. The predicted octanol–water partition coefficient (Wildman–Crippen LogP) is 3.17. The van der Waals surface area contributed by atoms with E-state index in [1.807, 2.05) is 43.9 Å².